The third kappa shape index (κ3) is 5.71. The molecule has 166 valence electrons. The monoisotopic (exact) mass is 443 g/mol. The number of hydrogen-bond donors (Lipinski definition) is 2. The Hall–Kier alpha value is -2.71. The van der Waals surface area contributed by atoms with Crippen LogP contribution in [-0.2, 0) is 26.0 Å². The Bertz CT molecular complexity index is 1060. The molecule has 0 spiro atoms. The van der Waals surface area contributed by atoms with Gasteiger partial charge < -0.3 is 10.2 Å². The van der Waals surface area contributed by atoms with Gasteiger partial charge in [0.15, 0.2) is 0 Å². The lowest BCUT2D eigenvalue weighted by atomic mass is 10.1. The van der Waals surface area contributed by atoms with Gasteiger partial charge in [-0.1, -0.05) is 19.1 Å². The zero-order valence-electron chi connectivity index (χ0n) is 18.3. The van der Waals surface area contributed by atoms with Crippen LogP contribution in [0, 0.1) is 5.92 Å². The molecule has 8 heteroatoms. The van der Waals surface area contributed by atoms with Gasteiger partial charge in [-0.2, -0.15) is 0 Å². The van der Waals surface area contributed by atoms with E-state index in [0.717, 1.165) is 12.1 Å². The van der Waals surface area contributed by atoms with Gasteiger partial charge in [-0.25, -0.2) is 13.1 Å². The van der Waals surface area contributed by atoms with Gasteiger partial charge in [0.2, 0.25) is 21.8 Å². The molecule has 1 heterocycles. The van der Waals surface area contributed by atoms with Crippen molar-refractivity contribution in [2.24, 2.45) is 5.92 Å². The largest absolute Gasteiger partial charge is 0.326 e. The number of carbonyl (C=O) groups excluding carboxylic acids is 2. The number of rotatable bonds is 6. The summed E-state index contributed by atoms with van der Waals surface area (Å²) in [5, 5.41) is 2.79. The van der Waals surface area contributed by atoms with Crippen LogP contribution in [0.1, 0.15) is 39.7 Å². The minimum absolute atomic E-state index is 0.0842. The number of nitrogens with zero attached hydrogens (tertiary/aromatic N) is 1. The average Bonchev–Trinajstić information content (AvgIpc) is 3.08. The second-order valence-corrected chi connectivity index (χ2v) is 10.5. The van der Waals surface area contributed by atoms with Gasteiger partial charge in [0.05, 0.1) is 10.8 Å². The predicted molar refractivity (Wildman–Crippen MR) is 121 cm³/mol. The van der Waals surface area contributed by atoms with Crippen molar-refractivity contribution in [2.45, 2.75) is 51.0 Å². The van der Waals surface area contributed by atoms with Crippen molar-refractivity contribution in [1.82, 2.24) is 4.72 Å². The average molecular weight is 444 g/mol. The molecule has 3 rings (SSSR count). The highest BCUT2D eigenvalue weighted by atomic mass is 32.2. The Morgan fingerprint density at radius 3 is 2.23 bits per heavy atom. The molecule has 2 N–H and O–H groups in total. The Morgan fingerprint density at radius 2 is 1.68 bits per heavy atom. The summed E-state index contributed by atoms with van der Waals surface area (Å²) in [5.41, 5.74) is 1.87. The number of hydrogen-bond acceptors (Lipinski definition) is 4. The van der Waals surface area contributed by atoms with Crippen molar-refractivity contribution in [3.8, 4) is 0 Å². The van der Waals surface area contributed by atoms with Crippen LogP contribution in [0.15, 0.2) is 53.4 Å². The van der Waals surface area contributed by atoms with Crippen LogP contribution in [0.2, 0.25) is 0 Å². The first-order valence-corrected chi connectivity index (χ1v) is 11.8. The van der Waals surface area contributed by atoms with Crippen molar-refractivity contribution in [2.75, 3.05) is 16.8 Å². The fourth-order valence-electron chi connectivity index (χ4n) is 3.47. The first-order valence-electron chi connectivity index (χ1n) is 10.3. The van der Waals surface area contributed by atoms with Crippen LogP contribution < -0.4 is 14.9 Å². The smallest absolute Gasteiger partial charge is 0.241 e. The molecule has 1 aliphatic rings. The molecule has 0 bridgehead atoms. The van der Waals surface area contributed by atoms with Gasteiger partial charge in [0.1, 0.15) is 0 Å². The molecule has 2 aromatic rings. The third-order valence-electron chi connectivity index (χ3n) is 5.02. The van der Waals surface area contributed by atoms with Crippen LogP contribution in [-0.4, -0.2) is 32.3 Å². The second-order valence-electron chi connectivity index (χ2n) is 8.79. The van der Waals surface area contributed by atoms with Crippen LogP contribution in [0.4, 0.5) is 11.4 Å². The standard InChI is InChI=1S/C23H29N3O4S/c1-5-16-6-10-19(11-7-16)26-15-17(14-21(26)27)22(28)24-18-8-12-20(13-9-18)31(29,30)25-23(2,3)4/h6-13,17,25H,5,14-15H2,1-4H3,(H,24,28)/t17-/m1/s1. The Kier molecular flexibility index (Phi) is 6.52. The fourth-order valence-corrected chi connectivity index (χ4v) is 4.89. The number of nitrogens with one attached hydrogen (secondary N) is 2. The summed E-state index contributed by atoms with van der Waals surface area (Å²) < 4.78 is 27.4. The highest BCUT2D eigenvalue weighted by Crippen LogP contribution is 2.27. The van der Waals surface area contributed by atoms with Crippen LogP contribution in [0.25, 0.3) is 0 Å². The van der Waals surface area contributed by atoms with Gasteiger partial charge in [-0.05, 0) is 69.2 Å². The van der Waals surface area contributed by atoms with Crippen LogP contribution in [0.5, 0.6) is 0 Å². The highest BCUT2D eigenvalue weighted by Gasteiger charge is 2.35. The number of carbonyl (C=O) groups is 2. The van der Waals surface area contributed by atoms with E-state index in [1.807, 2.05) is 24.3 Å². The maximum absolute atomic E-state index is 12.7. The van der Waals surface area contributed by atoms with E-state index < -0.39 is 21.5 Å². The molecule has 2 aromatic carbocycles. The molecular weight excluding hydrogens is 414 g/mol. The summed E-state index contributed by atoms with van der Waals surface area (Å²) in [5.74, 6) is -0.812. The Morgan fingerprint density at radius 1 is 1.06 bits per heavy atom. The lowest BCUT2D eigenvalue weighted by molar-refractivity contribution is -0.122. The first-order chi connectivity index (χ1) is 14.5. The molecule has 1 fully saturated rings. The van der Waals surface area contributed by atoms with Crippen LogP contribution in [0.3, 0.4) is 0 Å². The summed E-state index contributed by atoms with van der Waals surface area (Å²) in [4.78, 5) is 26.9. The van der Waals surface area contributed by atoms with Crippen molar-refractivity contribution >= 4 is 33.2 Å². The third-order valence-corrected chi connectivity index (χ3v) is 6.80. The molecule has 1 saturated heterocycles. The van der Waals surface area contributed by atoms with Gasteiger partial charge in [0.25, 0.3) is 0 Å². The molecular formula is C23H29N3O4S. The summed E-state index contributed by atoms with van der Waals surface area (Å²) >= 11 is 0. The minimum Gasteiger partial charge on any atom is -0.326 e. The first kappa shape index (κ1) is 23.0. The summed E-state index contributed by atoms with van der Waals surface area (Å²) in [6.07, 6.45) is 1.06. The van der Waals surface area contributed by atoms with E-state index in [2.05, 4.69) is 17.0 Å². The molecule has 0 radical (unpaired) electrons. The summed E-state index contributed by atoms with van der Waals surface area (Å²) in [7, 11) is -3.64. The quantitative estimate of drug-likeness (QED) is 0.716. The number of amides is 2. The summed E-state index contributed by atoms with van der Waals surface area (Å²) in [6, 6.07) is 13.8. The maximum Gasteiger partial charge on any atom is 0.241 e. The SMILES string of the molecule is CCc1ccc(N2C[C@H](C(=O)Nc3ccc(S(=O)(=O)NC(C)(C)C)cc3)CC2=O)cc1. The van der Waals surface area contributed by atoms with Gasteiger partial charge in [-0.3, -0.25) is 9.59 Å². The molecule has 0 saturated carbocycles. The van der Waals surface area contributed by atoms with E-state index in [1.54, 1.807) is 37.8 Å². The number of anilines is 2. The molecule has 7 nitrogen and oxygen atoms in total. The highest BCUT2D eigenvalue weighted by molar-refractivity contribution is 7.89. The molecule has 0 aromatic heterocycles. The van der Waals surface area contributed by atoms with Crippen molar-refractivity contribution in [3.05, 3.63) is 54.1 Å². The molecule has 1 aliphatic heterocycles. The minimum atomic E-state index is -3.64. The normalized spacial score (nSPS) is 17.1. The number of aryl methyl sites for hydroxylation is 1. The summed E-state index contributed by atoms with van der Waals surface area (Å²) in [6.45, 7) is 7.69. The maximum atomic E-state index is 12.7. The molecule has 31 heavy (non-hydrogen) atoms. The predicted octanol–water partition coefficient (Wildman–Crippen LogP) is 3.32. The molecule has 0 aliphatic carbocycles. The van der Waals surface area contributed by atoms with E-state index in [9.17, 15) is 18.0 Å². The zero-order valence-corrected chi connectivity index (χ0v) is 19.1. The van der Waals surface area contributed by atoms with E-state index in [0.29, 0.717) is 12.2 Å². The van der Waals surface area contributed by atoms with Gasteiger partial charge in [0, 0.05) is 29.9 Å². The van der Waals surface area contributed by atoms with Crippen LogP contribution >= 0.6 is 0 Å². The number of benzene rings is 2. The Balaban J connectivity index is 1.64. The lowest BCUT2D eigenvalue weighted by Crippen LogP contribution is -2.40. The lowest BCUT2D eigenvalue weighted by Gasteiger charge is -2.20. The van der Waals surface area contributed by atoms with Crippen molar-refractivity contribution < 1.29 is 18.0 Å². The molecule has 1 atom stereocenters. The van der Waals surface area contributed by atoms with Gasteiger partial charge >= 0.3 is 0 Å². The zero-order chi connectivity index (χ0) is 22.8. The van der Waals surface area contributed by atoms with Crippen molar-refractivity contribution in [1.29, 1.82) is 0 Å². The topological polar surface area (TPSA) is 95.6 Å². The van der Waals surface area contributed by atoms with Gasteiger partial charge in [-0.15, -0.1) is 0 Å². The van der Waals surface area contributed by atoms with E-state index >= 15 is 0 Å². The van der Waals surface area contributed by atoms with E-state index in [1.165, 1.54) is 17.7 Å². The molecule has 0 unspecified atom stereocenters. The Labute approximate surface area is 183 Å². The van der Waals surface area contributed by atoms with E-state index in [4.69, 9.17) is 0 Å². The number of sulfonamides is 1. The van der Waals surface area contributed by atoms with Crippen molar-refractivity contribution in [3.63, 3.8) is 0 Å². The molecule has 2 amide bonds. The second kappa shape index (κ2) is 8.80. The van der Waals surface area contributed by atoms with E-state index in [-0.39, 0.29) is 23.1 Å². The fraction of sp³-hybridized carbons (Fsp3) is 0.391.